The number of aromatic nitrogens is 6. The summed E-state index contributed by atoms with van der Waals surface area (Å²) < 4.78 is 6.83. The first kappa shape index (κ1) is 44.9. The summed E-state index contributed by atoms with van der Waals surface area (Å²) in [6.07, 6.45) is 20.0. The van der Waals surface area contributed by atoms with Crippen LogP contribution in [-0.2, 0) is 39.3 Å². The van der Waals surface area contributed by atoms with Crippen molar-refractivity contribution in [1.29, 1.82) is 0 Å². The van der Waals surface area contributed by atoms with Gasteiger partial charge in [-0.3, -0.25) is 14.5 Å². The van der Waals surface area contributed by atoms with Gasteiger partial charge in [0.25, 0.3) is 11.8 Å². The Labute approximate surface area is 327 Å². The van der Waals surface area contributed by atoms with Gasteiger partial charge in [0.1, 0.15) is 28.9 Å². The molecule has 0 saturated heterocycles. The van der Waals surface area contributed by atoms with Crippen LogP contribution in [0.1, 0.15) is 163 Å². The summed E-state index contributed by atoms with van der Waals surface area (Å²) >= 11 is 0. The van der Waals surface area contributed by atoms with E-state index in [2.05, 4.69) is 73.3 Å². The van der Waals surface area contributed by atoms with Gasteiger partial charge in [0.05, 0.1) is 25.3 Å². The van der Waals surface area contributed by atoms with Gasteiger partial charge in [0.2, 0.25) is 0 Å². The molecule has 0 aliphatic rings. The highest BCUT2D eigenvalue weighted by atomic mass is 16.2. The number of aryl methyl sites for hydroxylation is 1. The third-order valence-corrected chi connectivity index (χ3v) is 11.0. The van der Waals surface area contributed by atoms with Crippen LogP contribution in [0.4, 0.5) is 0 Å². The number of nitrogens with zero attached hydrogens (tertiary/aromatic N) is 9. The number of amides is 2. The van der Waals surface area contributed by atoms with E-state index in [1.54, 1.807) is 38.0 Å². The zero-order valence-electron chi connectivity index (χ0n) is 36.0. The highest BCUT2D eigenvalue weighted by Crippen LogP contribution is 2.23. The van der Waals surface area contributed by atoms with Crippen molar-refractivity contribution in [3.63, 3.8) is 0 Å². The molecule has 0 radical (unpaired) electrons. The quantitative estimate of drug-likeness (QED) is 0.0814. The van der Waals surface area contributed by atoms with Crippen molar-refractivity contribution >= 4 is 11.8 Å². The van der Waals surface area contributed by atoms with Gasteiger partial charge >= 0.3 is 0 Å². The summed E-state index contributed by atoms with van der Waals surface area (Å²) in [4.78, 5) is 47.4. The summed E-state index contributed by atoms with van der Waals surface area (Å²) in [7, 11) is 7.14. The van der Waals surface area contributed by atoms with Crippen molar-refractivity contribution in [2.75, 3.05) is 28.2 Å². The first-order chi connectivity index (χ1) is 25.9. The smallest absolute Gasteiger partial charge is 0.273 e. The maximum Gasteiger partial charge on any atom is 0.273 e. The SMILES string of the molecule is CCCCC(CC)Cn1cc(C)nc1CN(Cc1nc(C(=O)N(C)C)cn1CC(CC)CCCC)Cc1nc(C(=O)N(C)C)cn1CC(CC)CCCC. The molecule has 0 spiro atoms. The fourth-order valence-electron chi connectivity index (χ4n) is 7.38. The van der Waals surface area contributed by atoms with Crippen LogP contribution in [-0.4, -0.2) is 83.4 Å². The topological polar surface area (TPSA) is 97.3 Å². The molecule has 54 heavy (non-hydrogen) atoms. The summed E-state index contributed by atoms with van der Waals surface area (Å²) in [5.41, 5.74) is 1.96. The van der Waals surface area contributed by atoms with E-state index in [1.165, 1.54) is 32.1 Å². The molecule has 0 bridgehead atoms. The number of carbonyl (C=O) groups excluding carboxylic acids is 2. The van der Waals surface area contributed by atoms with Gasteiger partial charge in [-0.15, -0.1) is 0 Å². The van der Waals surface area contributed by atoms with E-state index in [-0.39, 0.29) is 11.8 Å². The molecule has 0 aromatic carbocycles. The molecule has 11 heteroatoms. The Kier molecular flexibility index (Phi) is 19.0. The molecule has 304 valence electrons. The Bertz CT molecular complexity index is 1470. The molecule has 3 heterocycles. The molecule has 11 nitrogen and oxygen atoms in total. The number of hydrogen-bond acceptors (Lipinski definition) is 6. The van der Waals surface area contributed by atoms with Gasteiger partial charge in [-0.05, 0) is 43.9 Å². The van der Waals surface area contributed by atoms with Crippen LogP contribution >= 0.6 is 0 Å². The predicted octanol–water partition coefficient (Wildman–Crippen LogP) is 8.84. The van der Waals surface area contributed by atoms with Gasteiger partial charge in [-0.25, -0.2) is 15.0 Å². The Morgan fingerprint density at radius 3 is 1.20 bits per heavy atom. The molecule has 0 aliphatic heterocycles. The fraction of sp³-hybridized carbons (Fsp3) is 0.744. The average molecular weight is 750 g/mol. The van der Waals surface area contributed by atoms with Crippen LogP contribution in [0.15, 0.2) is 18.6 Å². The van der Waals surface area contributed by atoms with E-state index in [9.17, 15) is 9.59 Å². The lowest BCUT2D eigenvalue weighted by molar-refractivity contribution is 0.0815. The lowest BCUT2D eigenvalue weighted by Crippen LogP contribution is -2.29. The molecule has 3 aromatic rings. The third-order valence-electron chi connectivity index (χ3n) is 11.0. The third kappa shape index (κ3) is 13.4. The first-order valence-electron chi connectivity index (χ1n) is 21.2. The second kappa shape index (κ2) is 22.8. The normalized spacial score (nSPS) is 13.4. The Morgan fingerprint density at radius 2 is 0.889 bits per heavy atom. The molecule has 2 amide bonds. The van der Waals surface area contributed by atoms with Crippen molar-refractivity contribution in [2.24, 2.45) is 17.8 Å². The molecule has 3 rings (SSSR count). The van der Waals surface area contributed by atoms with Crippen molar-refractivity contribution < 1.29 is 9.59 Å². The average Bonchev–Trinajstić information content (AvgIpc) is 3.84. The van der Waals surface area contributed by atoms with Crippen LogP contribution in [0.2, 0.25) is 0 Å². The summed E-state index contributed by atoms with van der Waals surface area (Å²) in [6.45, 7) is 19.9. The highest BCUT2D eigenvalue weighted by Gasteiger charge is 2.25. The van der Waals surface area contributed by atoms with Gasteiger partial charge in [0, 0.05) is 66.4 Å². The van der Waals surface area contributed by atoms with Gasteiger partial charge < -0.3 is 23.5 Å². The lowest BCUT2D eigenvalue weighted by Gasteiger charge is -2.25. The van der Waals surface area contributed by atoms with E-state index >= 15 is 0 Å². The van der Waals surface area contributed by atoms with Crippen molar-refractivity contribution in [2.45, 2.75) is 165 Å². The number of rotatable bonds is 26. The number of carbonyl (C=O) groups is 2. The minimum absolute atomic E-state index is 0.0907. The lowest BCUT2D eigenvalue weighted by atomic mass is 9.99. The fourth-order valence-corrected chi connectivity index (χ4v) is 7.38. The molecular formula is C43H75N9O2. The molecule has 0 N–H and O–H groups in total. The van der Waals surface area contributed by atoms with E-state index in [4.69, 9.17) is 15.0 Å². The monoisotopic (exact) mass is 750 g/mol. The first-order valence-corrected chi connectivity index (χ1v) is 21.2. The second-order valence-corrected chi connectivity index (χ2v) is 16.1. The van der Waals surface area contributed by atoms with Crippen LogP contribution in [0.25, 0.3) is 0 Å². The maximum absolute atomic E-state index is 13.3. The molecule has 0 saturated carbocycles. The van der Waals surface area contributed by atoms with Crippen molar-refractivity contribution in [3.05, 3.63) is 53.1 Å². The van der Waals surface area contributed by atoms with Gasteiger partial charge in [0.15, 0.2) is 0 Å². The van der Waals surface area contributed by atoms with Crippen molar-refractivity contribution in [3.8, 4) is 0 Å². The Hall–Kier alpha value is -3.47. The molecule has 3 aromatic heterocycles. The Balaban J connectivity index is 2.14. The number of hydrogen-bond donors (Lipinski definition) is 0. The van der Waals surface area contributed by atoms with Gasteiger partial charge in [-0.1, -0.05) is 99.3 Å². The predicted molar refractivity (Wildman–Crippen MR) is 220 cm³/mol. The van der Waals surface area contributed by atoms with Crippen molar-refractivity contribution in [1.82, 2.24) is 43.4 Å². The minimum Gasteiger partial charge on any atom is -0.343 e. The number of unbranched alkanes of at least 4 members (excludes halogenated alkanes) is 3. The second-order valence-electron chi connectivity index (χ2n) is 16.1. The zero-order chi connectivity index (χ0) is 39.8. The van der Waals surface area contributed by atoms with Crippen LogP contribution in [0.5, 0.6) is 0 Å². The molecule has 3 unspecified atom stereocenters. The van der Waals surface area contributed by atoms with E-state index in [1.807, 2.05) is 12.4 Å². The largest absolute Gasteiger partial charge is 0.343 e. The van der Waals surface area contributed by atoms with E-state index in [0.717, 1.165) is 87.7 Å². The highest BCUT2D eigenvalue weighted by molar-refractivity contribution is 5.92. The molecular weight excluding hydrogens is 675 g/mol. The standard InChI is InChI=1S/C43H75N9O2/c1-12-18-21-34(15-4)25-50-24-33(7)44-39(50)30-49(31-40-45-37(42(53)47(8)9)28-51(40)26-35(16-5)22-19-13-2)32-41-46-38(43(54)48(10)11)29-52(41)27-36(17-6)23-20-14-3/h24,28-29,34-36H,12-23,25-27,30-32H2,1-11H3. The molecule has 0 aliphatic carbocycles. The maximum atomic E-state index is 13.3. The summed E-state index contributed by atoms with van der Waals surface area (Å²) in [5.74, 6) is 4.17. The molecule has 0 fully saturated rings. The van der Waals surface area contributed by atoms with Gasteiger partial charge in [-0.2, -0.15) is 0 Å². The number of imidazole rings is 3. The van der Waals surface area contributed by atoms with Crippen LogP contribution in [0.3, 0.4) is 0 Å². The van der Waals surface area contributed by atoms with E-state index < -0.39 is 0 Å². The molecule has 3 atom stereocenters. The van der Waals surface area contributed by atoms with Crippen LogP contribution in [0, 0.1) is 24.7 Å². The Morgan fingerprint density at radius 1 is 0.556 bits per heavy atom. The zero-order valence-corrected chi connectivity index (χ0v) is 36.0. The van der Waals surface area contributed by atoms with Crippen LogP contribution < -0.4 is 0 Å². The summed E-state index contributed by atoms with van der Waals surface area (Å²) in [5, 5.41) is 0. The van der Waals surface area contributed by atoms with E-state index in [0.29, 0.717) is 48.8 Å². The summed E-state index contributed by atoms with van der Waals surface area (Å²) in [6, 6.07) is 0. The minimum atomic E-state index is -0.0907.